The Morgan fingerprint density at radius 2 is 0.969 bits per heavy atom. The third-order valence-electron chi connectivity index (χ3n) is 5.52. The highest BCUT2D eigenvalue weighted by atomic mass is 14.9. The Kier molecular flexibility index (Phi) is 5.76. The van der Waals surface area contributed by atoms with Crippen LogP contribution in [-0.4, -0.2) is 4.98 Å². The first-order chi connectivity index (χ1) is 15.8. The molecule has 0 fully saturated rings. The average Bonchev–Trinajstić information content (AvgIpc) is 2.89. The molecule has 0 saturated heterocycles. The number of hydrogen-bond acceptors (Lipinski definition) is 2. The lowest BCUT2D eigenvalue weighted by Gasteiger charge is -2.11. The maximum Gasteiger partial charge on any atom is 0.0715 e. The minimum Gasteiger partial charge on any atom is -0.381 e. The highest BCUT2D eigenvalue weighted by Crippen LogP contribution is 2.30. The van der Waals surface area contributed by atoms with Gasteiger partial charge in [0.2, 0.25) is 0 Å². The van der Waals surface area contributed by atoms with Crippen molar-refractivity contribution in [3.8, 4) is 33.6 Å². The van der Waals surface area contributed by atoms with Crippen LogP contribution >= 0.6 is 0 Å². The van der Waals surface area contributed by atoms with Crippen molar-refractivity contribution in [1.82, 2.24) is 4.98 Å². The van der Waals surface area contributed by atoms with Crippen LogP contribution in [-0.2, 0) is 6.54 Å². The largest absolute Gasteiger partial charge is 0.381 e. The number of pyridine rings is 1. The summed E-state index contributed by atoms with van der Waals surface area (Å²) in [6.07, 6.45) is 0. The quantitative estimate of drug-likeness (QED) is 0.309. The van der Waals surface area contributed by atoms with Crippen LogP contribution in [0.4, 0.5) is 5.69 Å². The fourth-order valence-corrected chi connectivity index (χ4v) is 3.79. The van der Waals surface area contributed by atoms with Crippen LogP contribution in [0.5, 0.6) is 0 Å². The second kappa shape index (κ2) is 9.32. The number of nitrogens with zero attached hydrogens (tertiary/aromatic N) is 1. The minimum absolute atomic E-state index is 0.811. The van der Waals surface area contributed by atoms with Crippen LogP contribution in [0.2, 0.25) is 0 Å². The van der Waals surface area contributed by atoms with Gasteiger partial charge >= 0.3 is 0 Å². The van der Waals surface area contributed by atoms with E-state index in [1.165, 1.54) is 11.1 Å². The van der Waals surface area contributed by atoms with Gasteiger partial charge in [-0.3, -0.25) is 0 Å². The van der Waals surface area contributed by atoms with Crippen LogP contribution in [0.1, 0.15) is 5.56 Å². The Morgan fingerprint density at radius 3 is 1.50 bits per heavy atom. The van der Waals surface area contributed by atoms with Gasteiger partial charge in [-0.2, -0.15) is 0 Å². The Bertz CT molecular complexity index is 1220. The van der Waals surface area contributed by atoms with Gasteiger partial charge in [0.15, 0.2) is 0 Å². The van der Waals surface area contributed by atoms with Gasteiger partial charge in [0, 0.05) is 23.4 Å². The molecule has 0 radical (unpaired) electrons. The molecular formula is C30H24N2. The first kappa shape index (κ1) is 19.8. The molecule has 1 N–H and O–H groups in total. The van der Waals surface area contributed by atoms with Crippen molar-refractivity contribution < 1.29 is 0 Å². The molecule has 0 atom stereocenters. The Hall–Kier alpha value is -4.17. The average molecular weight is 413 g/mol. The van der Waals surface area contributed by atoms with Crippen molar-refractivity contribution in [1.29, 1.82) is 0 Å². The maximum absolute atomic E-state index is 4.97. The van der Waals surface area contributed by atoms with E-state index in [0.29, 0.717) is 0 Å². The third-order valence-corrected chi connectivity index (χ3v) is 5.52. The molecule has 5 aromatic rings. The second-order valence-electron chi connectivity index (χ2n) is 7.77. The standard InChI is InChI=1S/C30H24N2/c1-4-10-23(11-5-1)22-31-28-18-16-24(17-19-28)27-20-29(25-12-6-2-7-13-25)32-30(21-27)26-14-8-3-9-15-26/h1-21,31H,22H2. The lowest BCUT2D eigenvalue weighted by atomic mass is 10.00. The highest BCUT2D eigenvalue weighted by molar-refractivity contribution is 5.77. The van der Waals surface area contributed by atoms with Crippen LogP contribution in [0.3, 0.4) is 0 Å². The first-order valence-corrected chi connectivity index (χ1v) is 10.9. The van der Waals surface area contributed by atoms with Gasteiger partial charge in [-0.05, 0) is 41.0 Å². The van der Waals surface area contributed by atoms with Crippen molar-refractivity contribution in [2.45, 2.75) is 6.54 Å². The molecule has 0 spiro atoms. The molecule has 2 nitrogen and oxygen atoms in total. The fourth-order valence-electron chi connectivity index (χ4n) is 3.79. The van der Waals surface area contributed by atoms with E-state index in [9.17, 15) is 0 Å². The van der Waals surface area contributed by atoms with Crippen LogP contribution < -0.4 is 5.32 Å². The van der Waals surface area contributed by atoms with Crippen LogP contribution in [0.25, 0.3) is 33.6 Å². The van der Waals surface area contributed by atoms with Crippen molar-refractivity contribution in [3.63, 3.8) is 0 Å². The fraction of sp³-hybridized carbons (Fsp3) is 0.0333. The number of aromatic nitrogens is 1. The number of benzene rings is 4. The van der Waals surface area contributed by atoms with Gasteiger partial charge in [0.1, 0.15) is 0 Å². The molecule has 0 unspecified atom stereocenters. The SMILES string of the molecule is c1ccc(CNc2ccc(-c3cc(-c4ccccc4)nc(-c4ccccc4)c3)cc2)cc1. The molecule has 0 saturated carbocycles. The first-order valence-electron chi connectivity index (χ1n) is 10.9. The molecule has 2 heteroatoms. The highest BCUT2D eigenvalue weighted by Gasteiger charge is 2.09. The second-order valence-corrected chi connectivity index (χ2v) is 7.77. The molecule has 0 amide bonds. The molecule has 0 aliphatic carbocycles. The summed E-state index contributed by atoms with van der Waals surface area (Å²) >= 11 is 0. The van der Waals surface area contributed by atoms with E-state index in [1.54, 1.807) is 0 Å². The Balaban J connectivity index is 1.47. The van der Waals surface area contributed by atoms with Gasteiger partial charge in [0.05, 0.1) is 11.4 Å². The van der Waals surface area contributed by atoms with Gasteiger partial charge in [0.25, 0.3) is 0 Å². The van der Waals surface area contributed by atoms with E-state index in [1.807, 2.05) is 18.2 Å². The number of rotatable bonds is 6. The zero-order valence-corrected chi connectivity index (χ0v) is 17.8. The topological polar surface area (TPSA) is 24.9 Å². The normalized spacial score (nSPS) is 10.6. The smallest absolute Gasteiger partial charge is 0.0715 e. The number of anilines is 1. The van der Waals surface area contributed by atoms with Crippen LogP contribution in [0.15, 0.2) is 127 Å². The summed E-state index contributed by atoms with van der Waals surface area (Å²) in [6, 6.07) is 44.1. The molecule has 154 valence electrons. The molecule has 32 heavy (non-hydrogen) atoms. The Morgan fingerprint density at radius 1 is 0.469 bits per heavy atom. The molecule has 5 rings (SSSR count). The summed E-state index contributed by atoms with van der Waals surface area (Å²) in [7, 11) is 0. The molecule has 4 aromatic carbocycles. The molecule has 1 aromatic heterocycles. The molecule has 0 aliphatic heterocycles. The van der Waals surface area contributed by atoms with Gasteiger partial charge in [-0.1, -0.05) is 103 Å². The van der Waals surface area contributed by atoms with E-state index >= 15 is 0 Å². The maximum atomic E-state index is 4.97. The monoisotopic (exact) mass is 412 g/mol. The van der Waals surface area contributed by atoms with Crippen molar-refractivity contribution in [2.24, 2.45) is 0 Å². The third kappa shape index (κ3) is 4.60. The zero-order valence-electron chi connectivity index (χ0n) is 17.8. The summed E-state index contributed by atoms with van der Waals surface area (Å²) < 4.78 is 0. The predicted molar refractivity (Wildman–Crippen MR) is 134 cm³/mol. The lowest BCUT2D eigenvalue weighted by Crippen LogP contribution is -1.98. The summed E-state index contributed by atoms with van der Waals surface area (Å²) in [5, 5.41) is 3.50. The molecule has 0 aliphatic rings. The van der Waals surface area contributed by atoms with Crippen molar-refractivity contribution >= 4 is 5.69 Å². The predicted octanol–water partition coefficient (Wildman–Crippen LogP) is 7.69. The summed E-state index contributed by atoms with van der Waals surface area (Å²) in [5.41, 5.74) is 8.91. The van der Waals surface area contributed by atoms with Gasteiger partial charge < -0.3 is 5.32 Å². The van der Waals surface area contributed by atoms with E-state index in [0.717, 1.165) is 40.3 Å². The summed E-state index contributed by atoms with van der Waals surface area (Å²) in [5.74, 6) is 0. The van der Waals surface area contributed by atoms with Crippen molar-refractivity contribution in [3.05, 3.63) is 133 Å². The zero-order chi connectivity index (χ0) is 21.6. The van der Waals surface area contributed by atoms with Crippen molar-refractivity contribution in [2.75, 3.05) is 5.32 Å². The lowest BCUT2D eigenvalue weighted by molar-refractivity contribution is 1.15. The number of hydrogen-bond donors (Lipinski definition) is 1. The molecule has 0 bridgehead atoms. The van der Waals surface area contributed by atoms with Crippen LogP contribution in [0, 0.1) is 0 Å². The minimum atomic E-state index is 0.811. The van der Waals surface area contributed by atoms with E-state index in [4.69, 9.17) is 4.98 Å². The summed E-state index contributed by atoms with van der Waals surface area (Å²) in [4.78, 5) is 4.97. The van der Waals surface area contributed by atoms with E-state index in [-0.39, 0.29) is 0 Å². The number of nitrogens with one attached hydrogen (secondary N) is 1. The van der Waals surface area contributed by atoms with E-state index < -0.39 is 0 Å². The molecular weight excluding hydrogens is 388 g/mol. The summed E-state index contributed by atoms with van der Waals surface area (Å²) in [6.45, 7) is 0.811. The Labute approximate surface area is 189 Å². The van der Waals surface area contributed by atoms with Gasteiger partial charge in [-0.15, -0.1) is 0 Å². The van der Waals surface area contributed by atoms with E-state index in [2.05, 4.69) is 115 Å². The molecule has 1 heterocycles. The van der Waals surface area contributed by atoms with Gasteiger partial charge in [-0.25, -0.2) is 4.98 Å².